The molecule has 3 saturated heterocycles. The van der Waals surface area contributed by atoms with Crippen molar-refractivity contribution in [1.82, 2.24) is 49.4 Å². The average Bonchev–Trinajstić information content (AvgIpc) is 1.10. The van der Waals surface area contributed by atoms with Crippen molar-refractivity contribution in [3.8, 4) is 0 Å². The van der Waals surface area contributed by atoms with Crippen molar-refractivity contribution in [2.24, 2.45) is 59.2 Å². The number of ether oxygens (including phenoxy) is 2. The van der Waals surface area contributed by atoms with Crippen LogP contribution >= 0.6 is 0 Å². The van der Waals surface area contributed by atoms with Crippen molar-refractivity contribution < 1.29 is 72.1 Å². The lowest BCUT2D eigenvalue weighted by atomic mass is 9.83. The van der Waals surface area contributed by atoms with Gasteiger partial charge in [0.05, 0.1) is 37.4 Å². The van der Waals surface area contributed by atoms with Gasteiger partial charge in [-0.25, -0.2) is 4.79 Å². The number of hydrogen-bond acceptors (Lipinski definition) is 16. The van der Waals surface area contributed by atoms with Crippen molar-refractivity contribution in [1.29, 1.82) is 0 Å². The third-order valence-electron chi connectivity index (χ3n) is 20.4. The Labute approximate surface area is 586 Å². The zero-order valence-electron chi connectivity index (χ0n) is 64.0. The number of Topliss-reactive ketones (excluding diaryl/α,β-unsaturated/α-hetero) is 3. The van der Waals surface area contributed by atoms with Crippen LogP contribution in [0.3, 0.4) is 0 Å². The number of nitrogens with zero attached hydrogens (tertiary/aromatic N) is 9. The molecule has 0 unspecified atom stereocenters. The van der Waals surface area contributed by atoms with Crippen molar-refractivity contribution in [2.45, 2.75) is 230 Å². The summed E-state index contributed by atoms with van der Waals surface area (Å²) in [6.07, 6.45) is 1.71. The summed E-state index contributed by atoms with van der Waals surface area (Å²) in [5, 5.41) is 15.1. The van der Waals surface area contributed by atoms with Crippen LogP contribution in [-0.4, -0.2) is 276 Å². The average molecular weight is 1380 g/mol. The Morgan fingerprint density at radius 3 is 1.59 bits per heavy atom. The topological polar surface area (TPSA) is 285 Å². The molecule has 3 aliphatic heterocycles. The second-order valence-corrected chi connectivity index (χ2v) is 30.5. The molecular formula is C73H126N10O15. The number of hydrogen-bond donors (Lipinski definition) is 2. The molecular weight excluding hydrogens is 1260 g/mol. The molecule has 0 radical (unpaired) electrons. The van der Waals surface area contributed by atoms with Gasteiger partial charge < -0.3 is 54.2 Å². The summed E-state index contributed by atoms with van der Waals surface area (Å²) in [5.41, 5.74) is 0. The van der Waals surface area contributed by atoms with E-state index < -0.39 is 149 Å². The first kappa shape index (κ1) is 85.9. The first-order chi connectivity index (χ1) is 45.6. The number of piperazine rings is 1. The largest absolute Gasteiger partial charge is 0.447 e. The predicted octanol–water partition coefficient (Wildman–Crippen LogP) is 5.67. The lowest BCUT2D eigenvalue weighted by Gasteiger charge is -2.41. The minimum absolute atomic E-state index is 0.00578. The van der Waals surface area contributed by atoms with Gasteiger partial charge in [-0.15, -0.1) is 0 Å². The summed E-state index contributed by atoms with van der Waals surface area (Å²) in [6.45, 7) is 32.8. The Bertz CT molecular complexity index is 2780. The SMILES string of the molecule is C/C=C/C[C@@H](C)[C@@H](O)[C@H]1C(=O)N[C@@H](CC)C(=O)N(C)[C@H](C)C(=O)N(C)[C@@H]([C@H](C)COCCN2CCN3C(=O)OC[C@@H]3C2)C(=O)C[C@@H](C(C)C)C(=O)N(C)[C@@H](CC(C)C)C(=O)C[C@@H](C)C(=O)C[C@H](C)C(=O)N(C)[C@@H](CC(C)C)C(=O)N(C)[C@@H](CC(C)C)C(=O)N(C)[C@@H](C(C)C)C(=O)N1C. The summed E-state index contributed by atoms with van der Waals surface area (Å²) in [5.74, 6) is -12.0. The molecule has 0 saturated carbocycles. The Kier molecular flexibility index (Phi) is 34.2. The minimum Gasteiger partial charge on any atom is -0.447 e. The van der Waals surface area contributed by atoms with Crippen molar-refractivity contribution in [3.63, 3.8) is 0 Å². The molecule has 558 valence electrons. The van der Waals surface area contributed by atoms with Crippen LogP contribution in [-0.2, 0) is 62.2 Å². The van der Waals surface area contributed by atoms with Gasteiger partial charge in [-0.1, -0.05) is 116 Å². The predicted molar refractivity (Wildman–Crippen MR) is 375 cm³/mol. The second kappa shape index (κ2) is 39.0. The van der Waals surface area contributed by atoms with Gasteiger partial charge in [0.1, 0.15) is 48.6 Å². The third-order valence-corrected chi connectivity index (χ3v) is 20.4. The molecule has 0 aromatic heterocycles. The maximum atomic E-state index is 15.3. The van der Waals surface area contributed by atoms with Crippen molar-refractivity contribution in [3.05, 3.63) is 12.2 Å². The van der Waals surface area contributed by atoms with Gasteiger partial charge in [0.25, 0.3) is 0 Å². The highest BCUT2D eigenvalue weighted by atomic mass is 16.6. The molecule has 15 atom stereocenters. The fourth-order valence-electron chi connectivity index (χ4n) is 13.9. The van der Waals surface area contributed by atoms with Gasteiger partial charge in [0.15, 0.2) is 11.6 Å². The molecule has 0 spiro atoms. The summed E-state index contributed by atoms with van der Waals surface area (Å²) < 4.78 is 11.5. The van der Waals surface area contributed by atoms with E-state index in [0.29, 0.717) is 39.2 Å². The number of amides is 9. The fourth-order valence-corrected chi connectivity index (χ4v) is 13.9. The fraction of sp³-hybridized carbons (Fsp3) is 0.808. The maximum Gasteiger partial charge on any atom is 0.410 e. The first-order valence-electron chi connectivity index (χ1n) is 35.9. The zero-order chi connectivity index (χ0) is 74.8. The number of carbonyl (C=O) groups is 12. The van der Waals surface area contributed by atoms with Crippen LogP contribution in [0.4, 0.5) is 4.79 Å². The molecule has 3 fully saturated rings. The maximum absolute atomic E-state index is 15.3. The number of ketones is 3. The van der Waals surface area contributed by atoms with Crippen LogP contribution in [0.5, 0.6) is 0 Å². The van der Waals surface area contributed by atoms with Gasteiger partial charge in [-0.3, -0.25) is 62.5 Å². The number of fused-ring (bicyclic) bond motifs is 1. The highest BCUT2D eigenvalue weighted by Gasteiger charge is 2.47. The number of rotatable bonds is 19. The lowest BCUT2D eigenvalue weighted by molar-refractivity contribution is -0.157. The molecule has 2 N–H and O–H groups in total. The first-order valence-corrected chi connectivity index (χ1v) is 35.9. The monoisotopic (exact) mass is 1380 g/mol. The molecule has 0 aromatic carbocycles. The molecule has 0 aliphatic carbocycles. The van der Waals surface area contributed by atoms with E-state index in [2.05, 4.69) is 10.2 Å². The van der Waals surface area contributed by atoms with Crippen LogP contribution < -0.4 is 5.32 Å². The molecule has 3 rings (SSSR count). The van der Waals surface area contributed by atoms with E-state index in [1.807, 2.05) is 47.6 Å². The van der Waals surface area contributed by atoms with Crippen LogP contribution in [0.15, 0.2) is 12.2 Å². The van der Waals surface area contributed by atoms with Crippen LogP contribution in [0.25, 0.3) is 0 Å². The van der Waals surface area contributed by atoms with E-state index in [0.717, 1.165) is 4.90 Å². The number of carbonyl (C=O) groups excluding carboxylic acids is 12. The molecule has 98 heavy (non-hydrogen) atoms. The van der Waals surface area contributed by atoms with E-state index in [-0.39, 0.29) is 99.6 Å². The summed E-state index contributed by atoms with van der Waals surface area (Å²) in [6, 6.07) is -10.1. The normalized spacial score (nSPS) is 28.6. The standard InChI is InChI=1S/C73H126N10O15/c1-25-27-28-47(13)64(87)63-65(88)74-54(26-2)69(92)75(18)51(17)67(90)80(23)62(50(16)40-97-32-31-82-29-30-83-52(39-82)41-98-73(83)96)60(86)38-53(45(9)10)68(91)76(19)55(33-42(3)4)59(85)36-48(14)58(84)37-49(15)66(89)77(20)56(34-43(5)6)70(93)78(21)57(35-44(7)8)71(94)79(22)61(46(11)12)72(95)81(63)24/h25,27,42-57,61-64,87H,26,28-41H2,1-24H3,(H,74,88)/b27-25+/t47-,48-,49+,50-,51-,52+,53+,54+,55+,56+,57+,61+,62+,63+,64-/m1/s1. The van der Waals surface area contributed by atoms with Crippen LogP contribution in [0, 0.1) is 59.2 Å². The Morgan fingerprint density at radius 2 is 1.06 bits per heavy atom. The van der Waals surface area contributed by atoms with Gasteiger partial charge in [0.2, 0.25) is 47.3 Å². The Morgan fingerprint density at radius 1 is 0.551 bits per heavy atom. The van der Waals surface area contributed by atoms with Gasteiger partial charge >= 0.3 is 6.09 Å². The number of likely N-dealkylation sites (N-methyl/N-ethyl adjacent to an activating group) is 7. The molecule has 0 aromatic rings. The summed E-state index contributed by atoms with van der Waals surface area (Å²) in [4.78, 5) is 189. The molecule has 0 bridgehead atoms. The lowest BCUT2D eigenvalue weighted by Crippen LogP contribution is -2.63. The van der Waals surface area contributed by atoms with E-state index >= 15 is 33.6 Å². The van der Waals surface area contributed by atoms with E-state index in [4.69, 9.17) is 9.47 Å². The number of aliphatic hydroxyl groups is 1. The number of aliphatic hydroxyl groups excluding tert-OH is 1. The van der Waals surface area contributed by atoms with Crippen LogP contribution in [0.1, 0.15) is 169 Å². The molecule has 25 nitrogen and oxygen atoms in total. The molecule has 3 aliphatic rings. The third kappa shape index (κ3) is 22.6. The quantitative estimate of drug-likeness (QED) is 0.116. The molecule has 9 amide bonds. The highest BCUT2D eigenvalue weighted by molar-refractivity contribution is 6.00. The highest BCUT2D eigenvalue weighted by Crippen LogP contribution is 2.30. The van der Waals surface area contributed by atoms with E-state index in [1.165, 1.54) is 85.7 Å². The smallest absolute Gasteiger partial charge is 0.410 e. The van der Waals surface area contributed by atoms with Crippen LogP contribution in [0.2, 0.25) is 0 Å². The zero-order valence-corrected chi connectivity index (χ0v) is 64.0. The Hall–Kier alpha value is -6.34. The number of nitrogens with one attached hydrogen (secondary N) is 1. The number of cyclic esters (lactones) is 1. The number of allylic oxidation sites excluding steroid dienone is 2. The van der Waals surface area contributed by atoms with Gasteiger partial charge in [-0.2, -0.15) is 0 Å². The Balaban J connectivity index is 2.30. The van der Waals surface area contributed by atoms with Crippen molar-refractivity contribution in [2.75, 3.05) is 95.3 Å². The van der Waals surface area contributed by atoms with E-state index in [9.17, 15) is 29.1 Å². The summed E-state index contributed by atoms with van der Waals surface area (Å²) >= 11 is 0. The molecule has 3 heterocycles. The molecule has 25 heteroatoms. The minimum atomic E-state index is -1.64. The van der Waals surface area contributed by atoms with Gasteiger partial charge in [-0.05, 0) is 81.5 Å². The van der Waals surface area contributed by atoms with E-state index in [1.54, 1.807) is 80.2 Å². The second-order valence-electron chi connectivity index (χ2n) is 30.5. The van der Waals surface area contributed by atoms with Gasteiger partial charge in [0, 0.05) is 118 Å². The van der Waals surface area contributed by atoms with Crippen molar-refractivity contribution >= 4 is 70.7 Å². The summed E-state index contributed by atoms with van der Waals surface area (Å²) in [7, 11) is 10.2.